The van der Waals surface area contributed by atoms with Gasteiger partial charge in [-0.2, -0.15) is 11.8 Å². The Morgan fingerprint density at radius 2 is 2.14 bits per heavy atom. The van der Waals surface area contributed by atoms with Gasteiger partial charge < -0.3 is 5.73 Å². The summed E-state index contributed by atoms with van der Waals surface area (Å²) in [6, 6.07) is 0. The van der Waals surface area contributed by atoms with Crippen molar-refractivity contribution in [1.29, 1.82) is 0 Å². The van der Waals surface area contributed by atoms with E-state index < -0.39 is 0 Å². The number of nitrogen functional groups attached to an aromatic ring is 1. The summed E-state index contributed by atoms with van der Waals surface area (Å²) in [5.41, 5.74) is 6.90. The molecule has 0 unspecified atom stereocenters. The van der Waals surface area contributed by atoms with Gasteiger partial charge in [0.1, 0.15) is 11.6 Å². The van der Waals surface area contributed by atoms with E-state index in [1.165, 1.54) is 0 Å². The molecule has 1 aromatic heterocycles. The summed E-state index contributed by atoms with van der Waals surface area (Å²) in [4.78, 5) is 8.74. The summed E-state index contributed by atoms with van der Waals surface area (Å²) in [5.74, 6) is 2.30. The van der Waals surface area contributed by atoms with Crippen LogP contribution in [-0.4, -0.2) is 16.2 Å². The van der Waals surface area contributed by atoms with Gasteiger partial charge in [0.2, 0.25) is 0 Å². The number of nitrogens with zero attached hydrogens (tertiary/aromatic N) is 2. The lowest BCUT2D eigenvalue weighted by Crippen LogP contribution is -2.06. The van der Waals surface area contributed by atoms with Crippen LogP contribution >= 0.6 is 34.4 Å². The van der Waals surface area contributed by atoms with Gasteiger partial charge in [0.25, 0.3) is 0 Å². The van der Waals surface area contributed by atoms with Crippen LogP contribution in [0.2, 0.25) is 0 Å². The van der Waals surface area contributed by atoms with Crippen LogP contribution < -0.4 is 5.73 Å². The van der Waals surface area contributed by atoms with Crippen molar-refractivity contribution in [2.45, 2.75) is 25.5 Å². The number of aromatic nitrogens is 2. The van der Waals surface area contributed by atoms with Crippen molar-refractivity contribution in [3.05, 3.63) is 15.1 Å². The normalized spacial score (nSPS) is 10.5. The van der Waals surface area contributed by atoms with Gasteiger partial charge in [-0.15, -0.1) is 0 Å². The minimum absolute atomic E-state index is 0.619. The third kappa shape index (κ3) is 2.98. The first-order valence-electron chi connectivity index (χ1n) is 4.48. The van der Waals surface area contributed by atoms with Crippen molar-refractivity contribution >= 4 is 40.2 Å². The third-order valence-electron chi connectivity index (χ3n) is 1.75. The Balaban J connectivity index is 3.01. The van der Waals surface area contributed by atoms with E-state index in [9.17, 15) is 0 Å². The fourth-order valence-corrected chi connectivity index (χ4v) is 2.06. The zero-order chi connectivity index (χ0) is 10.6. The van der Waals surface area contributed by atoms with Crippen LogP contribution in [0.15, 0.2) is 0 Å². The number of hydrogen-bond donors (Lipinski definition) is 1. The number of anilines is 1. The average Bonchev–Trinajstić information content (AvgIpc) is 2.14. The molecule has 1 rings (SSSR count). The summed E-state index contributed by atoms with van der Waals surface area (Å²) in [6.45, 7) is 2.14. The van der Waals surface area contributed by atoms with Crippen molar-refractivity contribution in [2.24, 2.45) is 0 Å². The standard InChI is InChI=1S/C9H14IN3S/c1-3-4-6-8(10)9(11)13-7(12-6)5-14-2/h3-5H2,1-2H3,(H2,11,12,13). The molecule has 0 saturated heterocycles. The minimum Gasteiger partial charge on any atom is -0.383 e. The van der Waals surface area contributed by atoms with Crippen molar-refractivity contribution in [2.75, 3.05) is 12.0 Å². The Morgan fingerprint density at radius 3 is 2.71 bits per heavy atom. The molecule has 0 aromatic carbocycles. The van der Waals surface area contributed by atoms with Crippen molar-refractivity contribution in [3.8, 4) is 0 Å². The number of rotatable bonds is 4. The molecule has 0 amide bonds. The van der Waals surface area contributed by atoms with Crippen LogP contribution in [0.25, 0.3) is 0 Å². The van der Waals surface area contributed by atoms with Crippen LogP contribution in [-0.2, 0) is 12.2 Å². The number of halogens is 1. The summed E-state index contributed by atoms with van der Waals surface area (Å²) < 4.78 is 1.01. The van der Waals surface area contributed by atoms with Gasteiger partial charge >= 0.3 is 0 Å². The number of thioether (sulfide) groups is 1. The molecule has 0 aliphatic rings. The molecule has 0 fully saturated rings. The Labute approximate surface area is 102 Å². The van der Waals surface area contributed by atoms with E-state index in [2.05, 4.69) is 39.5 Å². The molecular formula is C9H14IN3S. The second-order valence-electron chi connectivity index (χ2n) is 2.97. The van der Waals surface area contributed by atoms with Crippen LogP contribution in [0.3, 0.4) is 0 Å². The molecule has 0 aliphatic heterocycles. The number of nitrogens with two attached hydrogens (primary N) is 1. The molecule has 0 saturated carbocycles. The van der Waals surface area contributed by atoms with E-state index in [1.807, 2.05) is 6.26 Å². The minimum atomic E-state index is 0.619. The predicted molar refractivity (Wildman–Crippen MR) is 70.4 cm³/mol. The molecule has 1 heterocycles. The molecule has 0 bridgehead atoms. The quantitative estimate of drug-likeness (QED) is 0.865. The highest BCUT2D eigenvalue weighted by atomic mass is 127. The Morgan fingerprint density at radius 1 is 1.43 bits per heavy atom. The van der Waals surface area contributed by atoms with Crippen molar-refractivity contribution < 1.29 is 0 Å². The second kappa shape index (κ2) is 5.75. The van der Waals surface area contributed by atoms with E-state index >= 15 is 0 Å². The van der Waals surface area contributed by atoms with Gasteiger partial charge in [0.05, 0.1) is 15.0 Å². The predicted octanol–water partition coefficient (Wildman–Crippen LogP) is 2.48. The highest BCUT2D eigenvalue weighted by Gasteiger charge is 2.08. The van der Waals surface area contributed by atoms with Crippen molar-refractivity contribution in [1.82, 2.24) is 9.97 Å². The van der Waals surface area contributed by atoms with E-state index in [1.54, 1.807) is 11.8 Å². The van der Waals surface area contributed by atoms with Gasteiger partial charge in [-0.3, -0.25) is 0 Å². The average molecular weight is 323 g/mol. The van der Waals surface area contributed by atoms with Crippen LogP contribution in [0.4, 0.5) is 5.82 Å². The van der Waals surface area contributed by atoms with Crippen molar-refractivity contribution in [3.63, 3.8) is 0 Å². The maximum Gasteiger partial charge on any atom is 0.140 e. The lowest BCUT2D eigenvalue weighted by Gasteiger charge is -2.07. The summed E-state index contributed by atoms with van der Waals surface area (Å²) in [5, 5.41) is 0. The van der Waals surface area contributed by atoms with E-state index in [0.29, 0.717) is 5.82 Å². The molecule has 78 valence electrons. The maximum atomic E-state index is 5.81. The molecule has 5 heteroatoms. The highest BCUT2D eigenvalue weighted by molar-refractivity contribution is 14.1. The highest BCUT2D eigenvalue weighted by Crippen LogP contribution is 2.19. The summed E-state index contributed by atoms with van der Waals surface area (Å²) >= 11 is 3.93. The monoisotopic (exact) mass is 323 g/mol. The van der Waals surface area contributed by atoms with Gasteiger partial charge in [-0.1, -0.05) is 13.3 Å². The van der Waals surface area contributed by atoms with E-state index in [-0.39, 0.29) is 0 Å². The largest absolute Gasteiger partial charge is 0.383 e. The first-order valence-corrected chi connectivity index (χ1v) is 6.96. The van der Waals surface area contributed by atoms with Gasteiger partial charge in [0, 0.05) is 0 Å². The molecular weight excluding hydrogens is 309 g/mol. The van der Waals surface area contributed by atoms with Gasteiger partial charge in [0.15, 0.2) is 0 Å². The number of aryl methyl sites for hydroxylation is 1. The fraction of sp³-hybridized carbons (Fsp3) is 0.556. The van der Waals surface area contributed by atoms with Crippen LogP contribution in [0.1, 0.15) is 24.9 Å². The third-order valence-corrected chi connectivity index (χ3v) is 3.47. The first-order chi connectivity index (χ1) is 6.69. The topological polar surface area (TPSA) is 51.8 Å². The maximum absolute atomic E-state index is 5.81. The zero-order valence-corrected chi connectivity index (χ0v) is 11.4. The Hall–Kier alpha value is -0.0400. The fourth-order valence-electron chi connectivity index (χ4n) is 1.16. The molecule has 0 spiro atoms. The second-order valence-corrected chi connectivity index (χ2v) is 4.91. The van der Waals surface area contributed by atoms with Crippen LogP contribution in [0.5, 0.6) is 0 Å². The molecule has 0 aliphatic carbocycles. The number of hydrogen-bond acceptors (Lipinski definition) is 4. The van der Waals surface area contributed by atoms with E-state index in [0.717, 1.165) is 33.7 Å². The van der Waals surface area contributed by atoms with Crippen LogP contribution in [0, 0.1) is 3.57 Å². The molecule has 3 nitrogen and oxygen atoms in total. The SMILES string of the molecule is CCCc1nc(CSC)nc(N)c1I. The lowest BCUT2D eigenvalue weighted by molar-refractivity contribution is 0.848. The lowest BCUT2D eigenvalue weighted by atomic mass is 10.2. The molecule has 14 heavy (non-hydrogen) atoms. The zero-order valence-electron chi connectivity index (χ0n) is 8.38. The van der Waals surface area contributed by atoms with Gasteiger partial charge in [-0.05, 0) is 35.3 Å². The summed E-state index contributed by atoms with van der Waals surface area (Å²) in [6.07, 6.45) is 4.11. The Kier molecular flexibility index (Phi) is 4.94. The summed E-state index contributed by atoms with van der Waals surface area (Å²) in [7, 11) is 0. The molecule has 0 atom stereocenters. The van der Waals surface area contributed by atoms with Gasteiger partial charge in [-0.25, -0.2) is 9.97 Å². The molecule has 2 N–H and O–H groups in total. The molecule has 1 aromatic rings. The molecule has 0 radical (unpaired) electrons. The Bertz CT molecular complexity index is 317. The van der Waals surface area contributed by atoms with E-state index in [4.69, 9.17) is 5.73 Å². The first kappa shape index (κ1) is 12.0. The smallest absolute Gasteiger partial charge is 0.140 e.